The van der Waals surface area contributed by atoms with Crippen LogP contribution in [0.1, 0.15) is 20.3 Å². The second-order valence-electron chi connectivity index (χ2n) is 5.28. The molecule has 1 rings (SSSR count). The van der Waals surface area contributed by atoms with Gasteiger partial charge in [0.05, 0.1) is 0 Å². The summed E-state index contributed by atoms with van der Waals surface area (Å²) in [5, 5.41) is 5.49. The lowest BCUT2D eigenvalue weighted by molar-refractivity contribution is -0.128. The lowest BCUT2D eigenvalue weighted by Gasteiger charge is -2.17. The van der Waals surface area contributed by atoms with Crippen molar-refractivity contribution in [1.29, 1.82) is 0 Å². The zero-order valence-electron chi connectivity index (χ0n) is 14.3. The Kier molecular flexibility index (Phi) is 10.3. The third kappa shape index (κ3) is 9.00. The summed E-state index contributed by atoms with van der Waals surface area (Å²) in [6, 6.07) is 7.27. The number of nitrogens with zero attached hydrogens (tertiary/aromatic N) is 1. The third-order valence-electron chi connectivity index (χ3n) is 3.44. The summed E-state index contributed by atoms with van der Waals surface area (Å²) < 4.78 is 6.01. The summed E-state index contributed by atoms with van der Waals surface area (Å²) >= 11 is 3.33. The monoisotopic (exact) mass is 399 g/mol. The van der Waals surface area contributed by atoms with Crippen molar-refractivity contribution in [3.63, 3.8) is 0 Å². The van der Waals surface area contributed by atoms with Crippen LogP contribution in [0.25, 0.3) is 0 Å². The molecule has 0 aliphatic carbocycles. The molecule has 0 radical (unpaired) electrons. The van der Waals surface area contributed by atoms with Gasteiger partial charge in [-0.2, -0.15) is 0 Å². The SMILES string of the molecule is CCN(CC)CCCNC(=O)COCC(=O)Nc1cccc(Br)c1. The molecule has 0 saturated heterocycles. The van der Waals surface area contributed by atoms with Crippen molar-refractivity contribution in [1.82, 2.24) is 10.2 Å². The predicted octanol–water partition coefficient (Wildman–Crippen LogP) is 2.25. The Morgan fingerprint density at radius 3 is 2.54 bits per heavy atom. The van der Waals surface area contributed by atoms with Gasteiger partial charge in [-0.05, 0) is 44.3 Å². The molecule has 0 unspecified atom stereocenters. The van der Waals surface area contributed by atoms with Crippen molar-refractivity contribution in [2.75, 3.05) is 44.7 Å². The molecule has 2 N–H and O–H groups in total. The highest BCUT2D eigenvalue weighted by Crippen LogP contribution is 2.15. The van der Waals surface area contributed by atoms with Gasteiger partial charge in [-0.15, -0.1) is 0 Å². The first-order valence-electron chi connectivity index (χ1n) is 8.17. The van der Waals surface area contributed by atoms with Gasteiger partial charge < -0.3 is 20.3 Å². The molecule has 134 valence electrons. The number of halogens is 1. The minimum Gasteiger partial charge on any atom is -0.362 e. The maximum absolute atomic E-state index is 11.7. The molecule has 24 heavy (non-hydrogen) atoms. The zero-order chi connectivity index (χ0) is 17.8. The standard InChI is InChI=1S/C17H26BrN3O3/c1-3-21(4-2)10-6-9-19-16(22)12-24-13-17(23)20-15-8-5-7-14(18)11-15/h5,7-8,11H,3-4,6,9-10,12-13H2,1-2H3,(H,19,22)(H,20,23). The van der Waals surface area contributed by atoms with Gasteiger partial charge in [-0.3, -0.25) is 9.59 Å². The van der Waals surface area contributed by atoms with E-state index in [2.05, 4.69) is 45.3 Å². The lowest BCUT2D eigenvalue weighted by atomic mass is 10.3. The Bertz CT molecular complexity index is 522. The van der Waals surface area contributed by atoms with Crippen LogP contribution in [0.4, 0.5) is 5.69 Å². The highest BCUT2D eigenvalue weighted by molar-refractivity contribution is 9.10. The topological polar surface area (TPSA) is 70.7 Å². The summed E-state index contributed by atoms with van der Waals surface area (Å²) in [6.45, 7) is 7.58. The van der Waals surface area contributed by atoms with E-state index in [0.717, 1.165) is 30.5 Å². The number of rotatable bonds is 11. The first-order chi connectivity index (χ1) is 11.5. The fraction of sp³-hybridized carbons (Fsp3) is 0.529. The van der Waals surface area contributed by atoms with E-state index in [1.807, 2.05) is 12.1 Å². The summed E-state index contributed by atoms with van der Waals surface area (Å²) in [7, 11) is 0. The van der Waals surface area contributed by atoms with Crippen molar-refractivity contribution in [3.05, 3.63) is 28.7 Å². The maximum atomic E-state index is 11.7. The Morgan fingerprint density at radius 1 is 1.17 bits per heavy atom. The zero-order valence-corrected chi connectivity index (χ0v) is 15.9. The fourth-order valence-corrected chi connectivity index (χ4v) is 2.52. The van der Waals surface area contributed by atoms with Gasteiger partial charge in [0.2, 0.25) is 11.8 Å². The van der Waals surface area contributed by atoms with Gasteiger partial charge in [-0.1, -0.05) is 35.8 Å². The van der Waals surface area contributed by atoms with E-state index in [0.29, 0.717) is 12.2 Å². The normalized spacial score (nSPS) is 10.7. The number of ether oxygens (including phenoxy) is 1. The van der Waals surface area contributed by atoms with Crippen molar-refractivity contribution in [3.8, 4) is 0 Å². The van der Waals surface area contributed by atoms with Crippen LogP contribution in [0.2, 0.25) is 0 Å². The van der Waals surface area contributed by atoms with E-state index in [1.165, 1.54) is 0 Å². The van der Waals surface area contributed by atoms with Crippen LogP contribution >= 0.6 is 15.9 Å². The van der Waals surface area contributed by atoms with E-state index in [-0.39, 0.29) is 25.0 Å². The Hall–Kier alpha value is -1.44. The second kappa shape index (κ2) is 12.0. The molecular formula is C17H26BrN3O3. The minimum absolute atomic E-state index is 0.114. The van der Waals surface area contributed by atoms with Crippen molar-refractivity contribution in [2.45, 2.75) is 20.3 Å². The number of carbonyl (C=O) groups is 2. The Balaban J connectivity index is 2.11. The molecule has 7 heteroatoms. The van der Waals surface area contributed by atoms with Gasteiger partial charge in [0.15, 0.2) is 0 Å². The smallest absolute Gasteiger partial charge is 0.250 e. The molecule has 1 aromatic carbocycles. The molecule has 0 heterocycles. The quantitative estimate of drug-likeness (QED) is 0.559. The van der Waals surface area contributed by atoms with Crippen LogP contribution in [0, 0.1) is 0 Å². The van der Waals surface area contributed by atoms with Gasteiger partial charge in [0.1, 0.15) is 13.2 Å². The molecule has 0 fully saturated rings. The molecule has 0 atom stereocenters. The fourth-order valence-electron chi connectivity index (χ4n) is 2.12. The van der Waals surface area contributed by atoms with E-state index >= 15 is 0 Å². The molecule has 6 nitrogen and oxygen atoms in total. The average Bonchev–Trinajstić information content (AvgIpc) is 2.55. The number of hydrogen-bond acceptors (Lipinski definition) is 4. The highest BCUT2D eigenvalue weighted by Gasteiger charge is 2.06. The lowest BCUT2D eigenvalue weighted by Crippen LogP contribution is -2.32. The number of nitrogens with one attached hydrogen (secondary N) is 2. The molecule has 0 aromatic heterocycles. The summed E-state index contributed by atoms with van der Waals surface area (Å²) in [4.78, 5) is 25.6. The number of carbonyl (C=O) groups excluding carboxylic acids is 2. The van der Waals surface area contributed by atoms with Gasteiger partial charge in [0.25, 0.3) is 0 Å². The van der Waals surface area contributed by atoms with Crippen LogP contribution in [0.15, 0.2) is 28.7 Å². The molecule has 0 aliphatic rings. The summed E-state index contributed by atoms with van der Waals surface area (Å²) in [5.74, 6) is -0.493. The Morgan fingerprint density at radius 2 is 1.88 bits per heavy atom. The van der Waals surface area contributed by atoms with Crippen LogP contribution in [-0.2, 0) is 14.3 Å². The van der Waals surface area contributed by atoms with Crippen molar-refractivity contribution >= 4 is 33.4 Å². The van der Waals surface area contributed by atoms with Crippen molar-refractivity contribution in [2.24, 2.45) is 0 Å². The maximum Gasteiger partial charge on any atom is 0.250 e. The summed E-state index contributed by atoms with van der Waals surface area (Å²) in [6.07, 6.45) is 0.900. The number of amides is 2. The predicted molar refractivity (Wildman–Crippen MR) is 99.0 cm³/mol. The molecule has 1 aromatic rings. The largest absolute Gasteiger partial charge is 0.362 e. The van der Waals surface area contributed by atoms with E-state index < -0.39 is 0 Å². The molecule has 2 amide bonds. The number of hydrogen-bond donors (Lipinski definition) is 2. The van der Waals surface area contributed by atoms with Crippen LogP contribution in [0.3, 0.4) is 0 Å². The first-order valence-corrected chi connectivity index (χ1v) is 8.96. The average molecular weight is 400 g/mol. The third-order valence-corrected chi connectivity index (χ3v) is 3.94. The molecule has 0 saturated carbocycles. The molecule has 0 spiro atoms. The molecular weight excluding hydrogens is 374 g/mol. The van der Waals surface area contributed by atoms with Gasteiger partial charge in [0, 0.05) is 16.7 Å². The van der Waals surface area contributed by atoms with Crippen LogP contribution in [-0.4, -0.2) is 56.1 Å². The van der Waals surface area contributed by atoms with Gasteiger partial charge >= 0.3 is 0 Å². The molecule has 0 bridgehead atoms. The van der Waals surface area contributed by atoms with E-state index in [1.54, 1.807) is 12.1 Å². The van der Waals surface area contributed by atoms with E-state index in [9.17, 15) is 9.59 Å². The summed E-state index contributed by atoms with van der Waals surface area (Å²) in [5.41, 5.74) is 0.679. The van der Waals surface area contributed by atoms with Crippen molar-refractivity contribution < 1.29 is 14.3 Å². The molecule has 0 aliphatic heterocycles. The second-order valence-corrected chi connectivity index (χ2v) is 6.20. The first kappa shape index (κ1) is 20.6. The van der Waals surface area contributed by atoms with E-state index in [4.69, 9.17) is 4.74 Å². The highest BCUT2D eigenvalue weighted by atomic mass is 79.9. The van der Waals surface area contributed by atoms with Gasteiger partial charge in [-0.25, -0.2) is 0 Å². The Labute approximate surface area is 152 Å². The van der Waals surface area contributed by atoms with Crippen LogP contribution < -0.4 is 10.6 Å². The van der Waals surface area contributed by atoms with Crippen LogP contribution in [0.5, 0.6) is 0 Å². The minimum atomic E-state index is -0.289. The number of benzene rings is 1. The number of anilines is 1.